The van der Waals surface area contributed by atoms with Gasteiger partial charge in [-0.15, -0.1) is 0 Å². The molecule has 0 bridgehead atoms. The summed E-state index contributed by atoms with van der Waals surface area (Å²) in [4.78, 5) is 11.2. The van der Waals surface area contributed by atoms with Crippen molar-refractivity contribution in [3.8, 4) is 0 Å². The molecule has 0 aromatic carbocycles. The van der Waals surface area contributed by atoms with Crippen molar-refractivity contribution in [3.63, 3.8) is 0 Å². The fourth-order valence-electron chi connectivity index (χ4n) is 1.07. The lowest BCUT2D eigenvalue weighted by Gasteiger charge is -2.21. The van der Waals surface area contributed by atoms with Crippen molar-refractivity contribution in [1.29, 1.82) is 0 Å². The van der Waals surface area contributed by atoms with Crippen molar-refractivity contribution in [3.05, 3.63) is 12.2 Å². The molecule has 0 heterocycles. The van der Waals surface area contributed by atoms with Crippen LogP contribution in [-0.4, -0.2) is 38.4 Å². The van der Waals surface area contributed by atoms with Crippen LogP contribution in [0.5, 0.6) is 0 Å². The van der Waals surface area contributed by atoms with E-state index in [2.05, 4.69) is 6.58 Å². The first kappa shape index (κ1) is 16.1. The molecular weight excluding hydrogens is 224 g/mol. The Labute approximate surface area is 103 Å². The molecule has 0 radical (unpaired) electrons. The number of carbonyl (C=O) groups excluding carboxylic acids is 1. The van der Waals surface area contributed by atoms with E-state index >= 15 is 0 Å². The molecule has 2 atom stereocenters. The average Bonchev–Trinajstić information content (AvgIpc) is 2.25. The summed E-state index contributed by atoms with van der Waals surface area (Å²) in [7, 11) is 0. The Morgan fingerprint density at radius 1 is 1.24 bits per heavy atom. The third kappa shape index (κ3) is 7.90. The molecule has 0 amide bonds. The highest BCUT2D eigenvalue weighted by Gasteiger charge is 2.16. The summed E-state index contributed by atoms with van der Waals surface area (Å²) >= 11 is 0. The van der Waals surface area contributed by atoms with Crippen LogP contribution in [-0.2, 0) is 23.7 Å². The van der Waals surface area contributed by atoms with Gasteiger partial charge in [0.2, 0.25) is 0 Å². The molecule has 100 valence electrons. The predicted molar refractivity (Wildman–Crippen MR) is 63.4 cm³/mol. The maximum atomic E-state index is 11.2. The van der Waals surface area contributed by atoms with E-state index in [9.17, 15) is 4.79 Å². The molecule has 0 aromatic rings. The molecule has 0 spiro atoms. The quantitative estimate of drug-likeness (QED) is 0.353. The molecular formula is C12H22O5. The first-order chi connectivity index (χ1) is 8.01. The molecule has 17 heavy (non-hydrogen) atoms. The minimum Gasteiger partial charge on any atom is -0.457 e. The van der Waals surface area contributed by atoms with Crippen LogP contribution in [0.3, 0.4) is 0 Å². The molecule has 0 aromatic heterocycles. The van der Waals surface area contributed by atoms with Gasteiger partial charge in [0.15, 0.2) is 12.6 Å². The van der Waals surface area contributed by atoms with Gasteiger partial charge in [-0.05, 0) is 27.7 Å². The van der Waals surface area contributed by atoms with Crippen LogP contribution in [0.1, 0.15) is 27.7 Å². The maximum absolute atomic E-state index is 11.2. The number of rotatable bonds is 9. The number of esters is 1. The van der Waals surface area contributed by atoms with Crippen LogP contribution < -0.4 is 0 Å². The van der Waals surface area contributed by atoms with Crippen LogP contribution >= 0.6 is 0 Å². The molecule has 0 saturated heterocycles. The number of hydrogen-bond donors (Lipinski definition) is 0. The zero-order chi connectivity index (χ0) is 13.3. The van der Waals surface area contributed by atoms with Crippen molar-refractivity contribution in [2.75, 3.05) is 19.8 Å². The molecule has 0 rings (SSSR count). The van der Waals surface area contributed by atoms with E-state index in [4.69, 9.17) is 18.9 Å². The van der Waals surface area contributed by atoms with Crippen molar-refractivity contribution in [2.24, 2.45) is 0 Å². The van der Waals surface area contributed by atoms with E-state index in [1.807, 2.05) is 13.8 Å². The number of carbonyl (C=O) groups is 1. The summed E-state index contributed by atoms with van der Waals surface area (Å²) in [5, 5.41) is 0. The topological polar surface area (TPSA) is 54.0 Å². The van der Waals surface area contributed by atoms with Crippen LogP contribution in [0, 0.1) is 0 Å². The highest BCUT2D eigenvalue weighted by atomic mass is 16.8. The Bertz CT molecular complexity index is 239. The summed E-state index contributed by atoms with van der Waals surface area (Å²) in [5.41, 5.74) is 0.345. The van der Waals surface area contributed by atoms with Crippen LogP contribution in [0.4, 0.5) is 0 Å². The monoisotopic (exact) mass is 246 g/mol. The third-order valence-electron chi connectivity index (χ3n) is 1.80. The van der Waals surface area contributed by atoms with E-state index in [0.717, 1.165) is 0 Å². The second kappa shape index (κ2) is 9.15. The Balaban J connectivity index is 4.05. The van der Waals surface area contributed by atoms with E-state index < -0.39 is 18.5 Å². The van der Waals surface area contributed by atoms with Gasteiger partial charge in [-0.25, -0.2) is 4.79 Å². The molecule has 2 unspecified atom stereocenters. The SMILES string of the molecule is C=C(C)C(=O)OCC(OCC)OC(C)OCC. The summed E-state index contributed by atoms with van der Waals surface area (Å²) < 4.78 is 20.9. The summed E-state index contributed by atoms with van der Waals surface area (Å²) in [6.45, 7) is 11.6. The van der Waals surface area contributed by atoms with Crippen LogP contribution in [0.15, 0.2) is 12.2 Å². The van der Waals surface area contributed by atoms with E-state index in [-0.39, 0.29) is 6.61 Å². The minimum atomic E-state index is -0.621. The van der Waals surface area contributed by atoms with E-state index in [0.29, 0.717) is 18.8 Å². The van der Waals surface area contributed by atoms with Crippen molar-refractivity contribution in [2.45, 2.75) is 40.3 Å². The normalized spacial score (nSPS) is 14.1. The highest BCUT2D eigenvalue weighted by molar-refractivity contribution is 5.86. The summed E-state index contributed by atoms with van der Waals surface area (Å²) in [5.74, 6) is -0.456. The molecule has 0 fully saturated rings. The first-order valence-corrected chi connectivity index (χ1v) is 5.72. The average molecular weight is 246 g/mol. The predicted octanol–water partition coefficient (Wildman–Crippen LogP) is 1.87. The molecule has 0 aliphatic carbocycles. The zero-order valence-electron chi connectivity index (χ0n) is 11.0. The van der Waals surface area contributed by atoms with Gasteiger partial charge in [0.25, 0.3) is 0 Å². The largest absolute Gasteiger partial charge is 0.457 e. The third-order valence-corrected chi connectivity index (χ3v) is 1.80. The lowest BCUT2D eigenvalue weighted by molar-refractivity contribution is -0.248. The van der Waals surface area contributed by atoms with Crippen LogP contribution in [0.2, 0.25) is 0 Å². The Hall–Kier alpha value is -0.910. The minimum absolute atomic E-state index is 0.0247. The van der Waals surface area contributed by atoms with Gasteiger partial charge < -0.3 is 18.9 Å². The molecule has 5 nitrogen and oxygen atoms in total. The van der Waals surface area contributed by atoms with Crippen molar-refractivity contribution >= 4 is 5.97 Å². The highest BCUT2D eigenvalue weighted by Crippen LogP contribution is 2.04. The van der Waals surface area contributed by atoms with Gasteiger partial charge in [0.1, 0.15) is 6.61 Å². The maximum Gasteiger partial charge on any atom is 0.333 e. The van der Waals surface area contributed by atoms with E-state index in [1.165, 1.54) is 0 Å². The molecule has 0 aliphatic rings. The summed E-state index contributed by atoms with van der Waals surface area (Å²) in [6, 6.07) is 0. The van der Waals surface area contributed by atoms with Crippen LogP contribution in [0.25, 0.3) is 0 Å². The molecule has 0 aliphatic heterocycles. The van der Waals surface area contributed by atoms with Crippen molar-refractivity contribution < 1.29 is 23.7 Å². The second-order valence-electron chi connectivity index (χ2n) is 3.42. The standard InChI is InChI=1S/C12H22O5/c1-6-14-10(5)17-11(15-7-2)8-16-12(13)9(3)4/h10-11H,3,6-8H2,1-2,4-5H3. The van der Waals surface area contributed by atoms with Crippen molar-refractivity contribution in [1.82, 2.24) is 0 Å². The fraction of sp³-hybridized carbons (Fsp3) is 0.750. The Kier molecular flexibility index (Phi) is 8.66. The molecule has 0 N–H and O–H groups in total. The van der Waals surface area contributed by atoms with Gasteiger partial charge >= 0.3 is 5.97 Å². The number of ether oxygens (including phenoxy) is 4. The smallest absolute Gasteiger partial charge is 0.333 e. The van der Waals surface area contributed by atoms with Gasteiger partial charge in [-0.2, -0.15) is 0 Å². The van der Waals surface area contributed by atoms with Gasteiger partial charge in [0.05, 0.1) is 0 Å². The first-order valence-electron chi connectivity index (χ1n) is 5.72. The Morgan fingerprint density at radius 2 is 1.82 bits per heavy atom. The fourth-order valence-corrected chi connectivity index (χ4v) is 1.07. The van der Waals surface area contributed by atoms with Gasteiger partial charge in [-0.3, -0.25) is 0 Å². The van der Waals surface area contributed by atoms with Gasteiger partial charge in [0, 0.05) is 18.8 Å². The zero-order valence-corrected chi connectivity index (χ0v) is 11.0. The van der Waals surface area contributed by atoms with E-state index in [1.54, 1.807) is 13.8 Å². The Morgan fingerprint density at radius 3 is 2.29 bits per heavy atom. The second-order valence-corrected chi connectivity index (χ2v) is 3.42. The number of hydrogen-bond acceptors (Lipinski definition) is 5. The van der Waals surface area contributed by atoms with Gasteiger partial charge in [-0.1, -0.05) is 6.58 Å². The lowest BCUT2D eigenvalue weighted by atomic mass is 10.4. The molecule has 5 heteroatoms. The molecule has 0 saturated carbocycles. The summed E-state index contributed by atoms with van der Waals surface area (Å²) in [6.07, 6.45) is -1.02. The lowest BCUT2D eigenvalue weighted by Crippen LogP contribution is -2.30.